The van der Waals surface area contributed by atoms with E-state index in [4.69, 9.17) is 13.9 Å². The summed E-state index contributed by atoms with van der Waals surface area (Å²) in [5.74, 6) is 3.47. The van der Waals surface area contributed by atoms with Gasteiger partial charge < -0.3 is 13.9 Å². The van der Waals surface area contributed by atoms with E-state index in [1.165, 1.54) is 0 Å². The van der Waals surface area contributed by atoms with Crippen LogP contribution in [-0.2, 0) is 0 Å². The van der Waals surface area contributed by atoms with Crippen molar-refractivity contribution in [2.75, 3.05) is 0 Å². The van der Waals surface area contributed by atoms with E-state index in [9.17, 15) is 0 Å². The van der Waals surface area contributed by atoms with Gasteiger partial charge >= 0.3 is 0 Å². The van der Waals surface area contributed by atoms with Crippen LogP contribution in [0.1, 0.15) is 0 Å². The third-order valence-corrected chi connectivity index (χ3v) is 7.03. The van der Waals surface area contributed by atoms with Gasteiger partial charge in [-0.2, -0.15) is 0 Å². The van der Waals surface area contributed by atoms with Gasteiger partial charge in [0, 0.05) is 27.4 Å². The highest BCUT2D eigenvalue weighted by Gasteiger charge is 2.40. The molecule has 1 aromatic heterocycles. The second-order valence-electron chi connectivity index (χ2n) is 8.85. The summed E-state index contributed by atoms with van der Waals surface area (Å²) in [6, 6.07) is 35.3. The molecule has 0 fully saturated rings. The summed E-state index contributed by atoms with van der Waals surface area (Å²) in [5, 5.41) is 2.24. The van der Waals surface area contributed by atoms with E-state index in [0.29, 0.717) is 0 Å². The first-order valence-electron chi connectivity index (χ1n) is 11.5. The van der Waals surface area contributed by atoms with Gasteiger partial charge in [-0.1, -0.05) is 78.9 Å². The number of hydrogen-bond acceptors (Lipinski definition) is 3. The van der Waals surface area contributed by atoms with Crippen LogP contribution in [0.25, 0.3) is 33.1 Å². The van der Waals surface area contributed by atoms with E-state index in [2.05, 4.69) is 60.7 Å². The Bertz CT molecular complexity index is 1780. The molecule has 2 aliphatic heterocycles. The number of fused-ring (bicyclic) bond motifs is 7. The van der Waals surface area contributed by atoms with Crippen LogP contribution >= 0.6 is 0 Å². The van der Waals surface area contributed by atoms with Gasteiger partial charge in [0.05, 0.1) is 0 Å². The lowest BCUT2D eigenvalue weighted by molar-refractivity contribution is 0.465. The molecule has 3 heterocycles. The molecule has 0 saturated carbocycles. The summed E-state index contributed by atoms with van der Waals surface area (Å²) in [6.45, 7) is 0.0507. The van der Waals surface area contributed by atoms with Gasteiger partial charge in [0.1, 0.15) is 34.2 Å². The minimum atomic E-state index is 0.0507. The lowest BCUT2D eigenvalue weighted by Crippen LogP contribution is -2.57. The van der Waals surface area contributed by atoms with E-state index in [1.807, 2.05) is 42.5 Å². The summed E-state index contributed by atoms with van der Waals surface area (Å²) in [6.07, 6.45) is 0. The largest absolute Gasteiger partial charge is 0.458 e. The third-order valence-electron chi connectivity index (χ3n) is 7.03. The van der Waals surface area contributed by atoms with Gasteiger partial charge in [0.2, 0.25) is 0 Å². The zero-order chi connectivity index (χ0) is 22.2. The molecule has 0 bridgehead atoms. The maximum Gasteiger partial charge on any atom is 0.260 e. The van der Waals surface area contributed by atoms with E-state index in [0.717, 1.165) is 72.5 Å². The number of ether oxygens (including phenoxy) is 2. The second kappa shape index (κ2) is 6.55. The van der Waals surface area contributed by atoms with Crippen LogP contribution in [0.4, 0.5) is 0 Å². The van der Waals surface area contributed by atoms with E-state index in [1.54, 1.807) is 0 Å². The molecule has 4 heteroatoms. The topological polar surface area (TPSA) is 31.6 Å². The zero-order valence-electron chi connectivity index (χ0n) is 18.1. The fraction of sp³-hybridized carbons (Fsp3) is 0. The molecule has 0 spiro atoms. The molecule has 0 unspecified atom stereocenters. The minimum Gasteiger partial charge on any atom is -0.458 e. The van der Waals surface area contributed by atoms with Crippen LogP contribution in [-0.4, -0.2) is 6.71 Å². The van der Waals surface area contributed by atoms with Gasteiger partial charge in [0.25, 0.3) is 6.71 Å². The Balaban J connectivity index is 1.42. The molecule has 0 N–H and O–H groups in total. The molecule has 0 radical (unpaired) electrons. The van der Waals surface area contributed by atoms with Gasteiger partial charge in [0.15, 0.2) is 0 Å². The van der Waals surface area contributed by atoms with Crippen LogP contribution < -0.4 is 25.9 Å². The highest BCUT2D eigenvalue weighted by Crippen LogP contribution is 2.42. The predicted molar refractivity (Wildman–Crippen MR) is 137 cm³/mol. The number of rotatable bonds is 1. The molecule has 34 heavy (non-hydrogen) atoms. The van der Waals surface area contributed by atoms with E-state index in [-0.39, 0.29) is 6.71 Å². The third kappa shape index (κ3) is 2.32. The molecule has 0 aliphatic carbocycles. The molecule has 6 aromatic rings. The summed E-state index contributed by atoms with van der Waals surface area (Å²) in [4.78, 5) is 0. The summed E-state index contributed by atoms with van der Waals surface area (Å²) in [7, 11) is 0. The van der Waals surface area contributed by atoms with E-state index >= 15 is 0 Å². The van der Waals surface area contributed by atoms with Crippen molar-refractivity contribution in [1.29, 1.82) is 0 Å². The lowest BCUT2D eigenvalue weighted by Gasteiger charge is -2.33. The monoisotopic (exact) mass is 436 g/mol. The Hall–Kier alpha value is -4.44. The van der Waals surface area contributed by atoms with E-state index < -0.39 is 0 Å². The van der Waals surface area contributed by atoms with Crippen molar-refractivity contribution in [1.82, 2.24) is 0 Å². The Morgan fingerprint density at radius 2 is 1.18 bits per heavy atom. The summed E-state index contributed by atoms with van der Waals surface area (Å²) < 4.78 is 19.2. The number of benzene rings is 5. The Morgan fingerprint density at radius 1 is 0.500 bits per heavy atom. The zero-order valence-corrected chi connectivity index (χ0v) is 18.1. The van der Waals surface area contributed by atoms with Crippen molar-refractivity contribution < 1.29 is 13.9 Å². The SMILES string of the molecule is c1ccc2c(c1)Oc1cccc3c1B2c1cccc(-c2cccc4c2oc2ccccc24)c1O3. The standard InChI is InChI=1S/C30H17BO3/c1-3-14-24-18(8-1)19-9-5-10-20(29(19)33-24)21-11-6-13-23-30(21)34-27-17-7-16-26-28(27)31(23)22-12-2-4-15-25(22)32-26/h1-17H. The molecule has 158 valence electrons. The second-order valence-corrected chi connectivity index (χ2v) is 8.85. The fourth-order valence-corrected chi connectivity index (χ4v) is 5.57. The smallest absolute Gasteiger partial charge is 0.260 e. The van der Waals surface area contributed by atoms with Crippen molar-refractivity contribution in [2.45, 2.75) is 0 Å². The molecule has 3 nitrogen and oxygen atoms in total. The molecule has 2 aliphatic rings. The molecule has 0 saturated heterocycles. The minimum absolute atomic E-state index is 0.0507. The van der Waals surface area contributed by atoms with Gasteiger partial charge in [-0.25, -0.2) is 0 Å². The van der Waals surface area contributed by atoms with Crippen molar-refractivity contribution in [2.24, 2.45) is 0 Å². The van der Waals surface area contributed by atoms with Crippen molar-refractivity contribution >= 4 is 45.0 Å². The maximum atomic E-state index is 6.63. The molecule has 8 rings (SSSR count). The molecular weight excluding hydrogens is 419 g/mol. The van der Waals surface area contributed by atoms with Crippen LogP contribution in [0.5, 0.6) is 23.0 Å². The number of hydrogen-bond donors (Lipinski definition) is 0. The first-order valence-corrected chi connectivity index (χ1v) is 11.5. The van der Waals surface area contributed by atoms with Crippen molar-refractivity contribution in [3.05, 3.63) is 103 Å². The Morgan fingerprint density at radius 3 is 2.15 bits per heavy atom. The number of para-hydroxylation sites is 4. The number of furan rings is 1. The average molecular weight is 436 g/mol. The first kappa shape index (κ1) is 18.0. The fourth-order valence-electron chi connectivity index (χ4n) is 5.57. The van der Waals surface area contributed by atoms with Crippen LogP contribution in [0, 0.1) is 0 Å². The first-order chi connectivity index (χ1) is 16.9. The summed E-state index contributed by atoms with van der Waals surface area (Å²) in [5.41, 5.74) is 7.23. The summed E-state index contributed by atoms with van der Waals surface area (Å²) >= 11 is 0. The normalized spacial score (nSPS) is 13.1. The van der Waals surface area contributed by atoms with Gasteiger partial charge in [-0.05, 0) is 35.2 Å². The van der Waals surface area contributed by atoms with Crippen LogP contribution in [0.15, 0.2) is 108 Å². The molecule has 0 amide bonds. The highest BCUT2D eigenvalue weighted by molar-refractivity contribution is 6.98. The highest BCUT2D eigenvalue weighted by atomic mass is 16.5. The maximum absolute atomic E-state index is 6.63. The Kier molecular flexibility index (Phi) is 3.48. The van der Waals surface area contributed by atoms with Gasteiger partial charge in [-0.15, -0.1) is 0 Å². The quantitative estimate of drug-likeness (QED) is 0.297. The van der Waals surface area contributed by atoms with Crippen molar-refractivity contribution in [3.63, 3.8) is 0 Å². The molecule has 5 aromatic carbocycles. The van der Waals surface area contributed by atoms with Gasteiger partial charge in [-0.3, -0.25) is 0 Å². The van der Waals surface area contributed by atoms with Crippen molar-refractivity contribution in [3.8, 4) is 34.1 Å². The predicted octanol–water partition coefficient (Wildman–Crippen LogP) is 5.98. The Labute approximate surface area is 196 Å². The molecular formula is C30H17BO3. The lowest BCUT2D eigenvalue weighted by atomic mass is 9.34. The average Bonchev–Trinajstić information content (AvgIpc) is 3.27. The molecule has 0 atom stereocenters. The van der Waals surface area contributed by atoms with Crippen LogP contribution in [0.3, 0.4) is 0 Å². The van der Waals surface area contributed by atoms with Crippen LogP contribution in [0.2, 0.25) is 0 Å².